The molecule has 2 aromatic carbocycles. The third-order valence-corrected chi connectivity index (χ3v) is 7.80. The Morgan fingerprint density at radius 3 is 2.52 bits per heavy atom. The van der Waals surface area contributed by atoms with E-state index in [-0.39, 0.29) is 37.5 Å². The smallest absolute Gasteiger partial charge is 0.254 e. The summed E-state index contributed by atoms with van der Waals surface area (Å²) in [6.07, 6.45) is 0.150. The first-order valence-electron chi connectivity index (χ1n) is 13.9. The summed E-state index contributed by atoms with van der Waals surface area (Å²) in [5.74, 6) is 0.490. The van der Waals surface area contributed by atoms with Crippen LogP contribution in [0.3, 0.4) is 0 Å². The number of aromatic nitrogens is 1. The van der Waals surface area contributed by atoms with E-state index in [1.165, 1.54) is 40.5 Å². The fourth-order valence-corrected chi connectivity index (χ4v) is 5.66. The van der Waals surface area contributed by atoms with Crippen molar-refractivity contribution < 1.29 is 28.2 Å². The second kappa shape index (κ2) is 13.3. The molecule has 222 valence electrons. The van der Waals surface area contributed by atoms with Gasteiger partial charge in [0.2, 0.25) is 18.6 Å². The molecule has 1 aromatic heterocycles. The molecule has 2 aliphatic heterocycles. The summed E-state index contributed by atoms with van der Waals surface area (Å²) in [6, 6.07) is 11.2. The summed E-state index contributed by atoms with van der Waals surface area (Å²) in [4.78, 5) is 48.7. The third kappa shape index (κ3) is 7.62. The van der Waals surface area contributed by atoms with Gasteiger partial charge in [-0.2, -0.15) is 0 Å². The van der Waals surface area contributed by atoms with E-state index in [9.17, 15) is 18.8 Å². The number of nitrogens with one attached hydrogen (secondary N) is 1. The maximum absolute atomic E-state index is 13.3. The molecule has 5 rings (SSSR count). The number of benzene rings is 2. The number of ether oxygens (including phenoxy) is 2. The van der Waals surface area contributed by atoms with Crippen molar-refractivity contribution in [3.05, 3.63) is 70.5 Å². The Hall–Kier alpha value is -4.03. The van der Waals surface area contributed by atoms with E-state index in [4.69, 9.17) is 9.47 Å². The lowest BCUT2D eigenvalue weighted by atomic mass is 10.1. The van der Waals surface area contributed by atoms with Gasteiger partial charge in [0.05, 0.1) is 12.1 Å². The number of thiazole rings is 1. The van der Waals surface area contributed by atoms with Crippen LogP contribution in [0.4, 0.5) is 9.52 Å². The number of rotatable bonds is 10. The molecule has 12 heteroatoms. The number of carbonyl (C=O) groups is 3. The number of carbonyl (C=O) groups excluding carboxylic acids is 3. The van der Waals surface area contributed by atoms with E-state index >= 15 is 0 Å². The molecule has 2 aliphatic rings. The normalized spacial score (nSPS) is 14.7. The maximum Gasteiger partial charge on any atom is 0.254 e. The minimum atomic E-state index is -0.433. The lowest BCUT2D eigenvalue weighted by molar-refractivity contribution is -0.132. The zero-order valence-corrected chi connectivity index (χ0v) is 24.5. The molecule has 0 saturated carbocycles. The molecule has 42 heavy (non-hydrogen) atoms. The summed E-state index contributed by atoms with van der Waals surface area (Å²) in [5.41, 5.74) is 2.04. The average Bonchev–Trinajstić information content (AvgIpc) is 3.61. The molecule has 0 aliphatic carbocycles. The summed E-state index contributed by atoms with van der Waals surface area (Å²) < 4.78 is 24.1. The van der Waals surface area contributed by atoms with Crippen molar-refractivity contribution in [2.75, 3.05) is 51.4 Å². The van der Waals surface area contributed by atoms with Crippen LogP contribution in [0.5, 0.6) is 11.5 Å². The van der Waals surface area contributed by atoms with Crippen LogP contribution in [-0.4, -0.2) is 83.5 Å². The van der Waals surface area contributed by atoms with Gasteiger partial charge in [0, 0.05) is 50.2 Å². The number of fused-ring (bicyclic) bond motifs is 1. The second-order valence-corrected chi connectivity index (χ2v) is 11.7. The van der Waals surface area contributed by atoms with Crippen LogP contribution in [0.15, 0.2) is 47.8 Å². The van der Waals surface area contributed by atoms with Gasteiger partial charge in [-0.3, -0.25) is 19.3 Å². The highest BCUT2D eigenvalue weighted by molar-refractivity contribution is 7.13. The molecule has 0 bridgehead atoms. The summed E-state index contributed by atoms with van der Waals surface area (Å²) >= 11 is 1.24. The largest absolute Gasteiger partial charge is 0.454 e. The molecule has 1 N–H and O–H groups in total. The van der Waals surface area contributed by atoms with Crippen molar-refractivity contribution >= 4 is 34.2 Å². The van der Waals surface area contributed by atoms with Crippen LogP contribution in [0.25, 0.3) is 0 Å². The molecule has 3 heterocycles. The molecule has 1 fully saturated rings. The maximum atomic E-state index is 13.3. The molecule has 0 spiro atoms. The number of amides is 3. The molecular weight excluding hydrogens is 561 g/mol. The molecule has 3 amide bonds. The highest BCUT2D eigenvalue weighted by Crippen LogP contribution is 2.33. The summed E-state index contributed by atoms with van der Waals surface area (Å²) in [7, 11) is 0. The van der Waals surface area contributed by atoms with E-state index in [0.717, 1.165) is 36.7 Å². The molecule has 3 aromatic rings. The standard InChI is InChI=1S/C30H34FN5O5S/c1-20(2)15-36(29(39)22-4-6-23(31)7-5-22)17-27(37)33-30-32-24(18-42-30)14-28(38)35-11-9-34(10-12-35)16-21-3-8-25-26(13-21)41-19-40-25/h3-8,13,18,20H,9-12,14-17,19H2,1-2H3,(H,32,33,37). The van der Waals surface area contributed by atoms with Crippen molar-refractivity contribution in [1.29, 1.82) is 0 Å². The van der Waals surface area contributed by atoms with Gasteiger partial charge in [-0.05, 0) is 47.9 Å². The number of anilines is 1. The lowest BCUT2D eigenvalue weighted by Gasteiger charge is -2.34. The van der Waals surface area contributed by atoms with Crippen molar-refractivity contribution in [3.63, 3.8) is 0 Å². The minimum Gasteiger partial charge on any atom is -0.454 e. The Morgan fingerprint density at radius 2 is 1.79 bits per heavy atom. The van der Waals surface area contributed by atoms with E-state index in [0.29, 0.717) is 36.0 Å². The van der Waals surface area contributed by atoms with Gasteiger partial charge in [0.25, 0.3) is 5.91 Å². The van der Waals surface area contributed by atoms with Crippen LogP contribution in [0.2, 0.25) is 0 Å². The van der Waals surface area contributed by atoms with Crippen molar-refractivity contribution in [2.45, 2.75) is 26.8 Å². The highest BCUT2D eigenvalue weighted by atomic mass is 32.1. The zero-order chi connectivity index (χ0) is 29.6. The SMILES string of the molecule is CC(C)CN(CC(=O)Nc1nc(CC(=O)N2CCN(Cc3ccc4c(c3)OCO4)CC2)cs1)C(=O)c1ccc(F)cc1. The summed E-state index contributed by atoms with van der Waals surface area (Å²) in [6.45, 7) is 7.92. The van der Waals surface area contributed by atoms with E-state index < -0.39 is 11.7 Å². The number of hydrogen-bond acceptors (Lipinski definition) is 8. The first-order valence-corrected chi connectivity index (χ1v) is 14.8. The fraction of sp³-hybridized carbons (Fsp3) is 0.400. The first-order chi connectivity index (χ1) is 20.2. The van der Waals surface area contributed by atoms with E-state index in [1.54, 1.807) is 5.38 Å². The molecule has 0 unspecified atom stereocenters. The molecule has 10 nitrogen and oxygen atoms in total. The number of hydrogen-bond donors (Lipinski definition) is 1. The Labute approximate surface area is 248 Å². The molecule has 0 atom stereocenters. The van der Waals surface area contributed by atoms with Gasteiger partial charge in [0.15, 0.2) is 16.6 Å². The fourth-order valence-electron chi connectivity index (χ4n) is 4.93. The summed E-state index contributed by atoms with van der Waals surface area (Å²) in [5, 5.41) is 4.88. The average molecular weight is 596 g/mol. The number of halogens is 1. The van der Waals surface area contributed by atoms with Crippen LogP contribution in [-0.2, 0) is 22.6 Å². The highest BCUT2D eigenvalue weighted by Gasteiger charge is 2.24. The van der Waals surface area contributed by atoms with Crippen molar-refractivity contribution in [3.8, 4) is 11.5 Å². The Balaban J connectivity index is 1.09. The van der Waals surface area contributed by atoms with E-state index in [2.05, 4.69) is 15.2 Å². The molecule has 0 radical (unpaired) electrons. The minimum absolute atomic E-state index is 0.00564. The van der Waals surface area contributed by atoms with Crippen LogP contribution in [0, 0.1) is 11.7 Å². The zero-order valence-electron chi connectivity index (χ0n) is 23.7. The van der Waals surface area contributed by atoms with Crippen LogP contribution in [0.1, 0.15) is 35.5 Å². The third-order valence-electron chi connectivity index (χ3n) is 7.00. The van der Waals surface area contributed by atoms with Gasteiger partial charge in [0.1, 0.15) is 12.4 Å². The topological polar surface area (TPSA) is 104 Å². The molecular formula is C30H34FN5O5S. The van der Waals surface area contributed by atoms with Gasteiger partial charge in [-0.15, -0.1) is 11.3 Å². The number of piperazine rings is 1. The van der Waals surface area contributed by atoms with Gasteiger partial charge in [-0.25, -0.2) is 9.37 Å². The predicted molar refractivity (Wildman–Crippen MR) is 156 cm³/mol. The van der Waals surface area contributed by atoms with Gasteiger partial charge >= 0.3 is 0 Å². The Bertz CT molecular complexity index is 1420. The quantitative estimate of drug-likeness (QED) is 0.382. The Morgan fingerprint density at radius 1 is 1.05 bits per heavy atom. The van der Waals surface area contributed by atoms with Gasteiger partial charge in [-0.1, -0.05) is 19.9 Å². The number of nitrogens with zero attached hydrogens (tertiary/aromatic N) is 4. The van der Waals surface area contributed by atoms with E-state index in [1.807, 2.05) is 36.9 Å². The monoisotopic (exact) mass is 595 g/mol. The van der Waals surface area contributed by atoms with Crippen molar-refractivity contribution in [1.82, 2.24) is 19.7 Å². The Kier molecular flexibility index (Phi) is 9.33. The molecule has 1 saturated heterocycles. The van der Waals surface area contributed by atoms with Crippen molar-refractivity contribution in [2.24, 2.45) is 5.92 Å². The van der Waals surface area contributed by atoms with Crippen LogP contribution < -0.4 is 14.8 Å². The first kappa shape index (κ1) is 29.5. The lowest BCUT2D eigenvalue weighted by Crippen LogP contribution is -2.48. The van der Waals surface area contributed by atoms with Gasteiger partial charge < -0.3 is 24.6 Å². The van der Waals surface area contributed by atoms with Crippen LogP contribution >= 0.6 is 11.3 Å². The predicted octanol–water partition coefficient (Wildman–Crippen LogP) is 3.63. The second-order valence-electron chi connectivity index (χ2n) is 10.8.